The summed E-state index contributed by atoms with van der Waals surface area (Å²) in [6, 6.07) is -0.715. The largest absolute Gasteiger partial charge is 0.462 e. The number of amides is 1. The van der Waals surface area contributed by atoms with Crippen LogP contribution in [0.1, 0.15) is 245 Å². The van der Waals surface area contributed by atoms with Gasteiger partial charge in [-0.3, -0.25) is 9.59 Å². The third-order valence-electron chi connectivity index (χ3n) is 11.5. The normalized spacial score (nSPS) is 13.8. The van der Waals surface area contributed by atoms with E-state index in [2.05, 4.69) is 99.0 Å². The maximum Gasteiger partial charge on any atom is 0.306 e. The maximum absolute atomic E-state index is 13.2. The fourth-order valence-electron chi connectivity index (χ4n) is 7.57. The molecule has 0 aromatic carbocycles. The van der Waals surface area contributed by atoms with Crippen molar-refractivity contribution in [2.24, 2.45) is 0 Å². The second-order valence-electron chi connectivity index (χ2n) is 17.5. The van der Waals surface area contributed by atoms with Gasteiger partial charge < -0.3 is 20.3 Å². The molecule has 0 aliphatic carbocycles. The molecule has 3 unspecified atom stereocenters. The van der Waals surface area contributed by atoms with Gasteiger partial charge in [0.05, 0.1) is 25.2 Å². The van der Waals surface area contributed by atoms with E-state index in [0.29, 0.717) is 19.3 Å². The van der Waals surface area contributed by atoms with Crippen molar-refractivity contribution in [2.45, 2.75) is 264 Å². The highest BCUT2D eigenvalue weighted by Crippen LogP contribution is 2.17. The third kappa shape index (κ3) is 43.9. The van der Waals surface area contributed by atoms with Gasteiger partial charge in [-0.2, -0.15) is 0 Å². The van der Waals surface area contributed by atoms with E-state index in [1.807, 2.05) is 0 Å². The van der Waals surface area contributed by atoms with Crippen molar-refractivity contribution in [3.05, 3.63) is 72.9 Å². The van der Waals surface area contributed by atoms with Crippen LogP contribution in [-0.2, 0) is 14.3 Å². The van der Waals surface area contributed by atoms with Gasteiger partial charge in [0.2, 0.25) is 5.91 Å². The number of rotatable bonds is 46. The van der Waals surface area contributed by atoms with Gasteiger partial charge in [0.15, 0.2) is 0 Å². The van der Waals surface area contributed by atoms with Gasteiger partial charge >= 0.3 is 5.97 Å². The summed E-state index contributed by atoms with van der Waals surface area (Å²) in [5, 5.41) is 23.7. The molecule has 1 amide bonds. The van der Waals surface area contributed by atoms with Gasteiger partial charge in [0.1, 0.15) is 6.10 Å². The minimum atomic E-state index is -0.799. The van der Waals surface area contributed by atoms with Gasteiger partial charge in [-0.05, 0) is 96.3 Å². The predicted molar refractivity (Wildman–Crippen MR) is 268 cm³/mol. The van der Waals surface area contributed by atoms with Crippen molar-refractivity contribution in [1.29, 1.82) is 0 Å². The number of hydrogen-bond acceptors (Lipinski definition) is 5. The van der Waals surface area contributed by atoms with Crippen molar-refractivity contribution in [2.75, 3.05) is 6.61 Å². The Morgan fingerprint density at radius 1 is 0.484 bits per heavy atom. The molecule has 0 saturated carbocycles. The first-order chi connectivity index (χ1) is 30.5. The monoisotopic (exact) mass is 866 g/mol. The molecule has 0 radical (unpaired) electrons. The number of aliphatic hydroxyl groups is 2. The SMILES string of the molecule is CC/C=C\C/C=C\C/C=C\C/C=C\C/C=C\CCCCCC(=O)OC(CCCCC/C=C/CCCCCCCCC)CC(=O)NC(CO)C(O)CCCCCCCCCCCC. The quantitative estimate of drug-likeness (QED) is 0.0322. The molecular formula is C56H99NO5. The van der Waals surface area contributed by atoms with Crippen LogP contribution in [0.2, 0.25) is 0 Å². The predicted octanol–water partition coefficient (Wildman–Crippen LogP) is 15.8. The summed E-state index contributed by atoms with van der Waals surface area (Å²) < 4.78 is 5.92. The van der Waals surface area contributed by atoms with E-state index in [-0.39, 0.29) is 24.9 Å². The van der Waals surface area contributed by atoms with Crippen LogP contribution in [0.3, 0.4) is 0 Å². The van der Waals surface area contributed by atoms with Gasteiger partial charge in [-0.1, -0.05) is 209 Å². The van der Waals surface area contributed by atoms with Crippen LogP contribution in [-0.4, -0.2) is 46.9 Å². The van der Waals surface area contributed by atoms with Crippen LogP contribution in [0.5, 0.6) is 0 Å². The topological polar surface area (TPSA) is 95.9 Å². The van der Waals surface area contributed by atoms with Crippen molar-refractivity contribution in [1.82, 2.24) is 5.32 Å². The van der Waals surface area contributed by atoms with Crippen LogP contribution >= 0.6 is 0 Å². The van der Waals surface area contributed by atoms with Crippen LogP contribution in [0, 0.1) is 0 Å². The first kappa shape index (κ1) is 59.3. The molecule has 6 nitrogen and oxygen atoms in total. The average molecular weight is 866 g/mol. The molecule has 0 fully saturated rings. The number of ether oxygens (including phenoxy) is 1. The molecule has 0 spiro atoms. The lowest BCUT2D eigenvalue weighted by molar-refractivity contribution is -0.151. The number of nitrogens with one attached hydrogen (secondary N) is 1. The van der Waals surface area contributed by atoms with E-state index in [1.54, 1.807) is 0 Å². The Balaban J connectivity index is 4.65. The molecule has 0 aromatic rings. The van der Waals surface area contributed by atoms with E-state index < -0.39 is 18.2 Å². The van der Waals surface area contributed by atoms with Crippen molar-refractivity contribution >= 4 is 11.9 Å². The Labute approximate surface area is 383 Å². The highest BCUT2D eigenvalue weighted by Gasteiger charge is 2.24. The molecular weight excluding hydrogens is 767 g/mol. The summed E-state index contributed by atoms with van der Waals surface area (Å²) in [7, 11) is 0. The number of carbonyl (C=O) groups excluding carboxylic acids is 2. The highest BCUT2D eigenvalue weighted by molar-refractivity contribution is 5.77. The lowest BCUT2D eigenvalue weighted by Gasteiger charge is -2.24. The lowest BCUT2D eigenvalue weighted by Crippen LogP contribution is -2.46. The third-order valence-corrected chi connectivity index (χ3v) is 11.5. The van der Waals surface area contributed by atoms with E-state index in [0.717, 1.165) is 109 Å². The second kappa shape index (κ2) is 49.3. The first-order valence-electron chi connectivity index (χ1n) is 26.2. The van der Waals surface area contributed by atoms with Crippen LogP contribution < -0.4 is 5.32 Å². The molecule has 62 heavy (non-hydrogen) atoms. The zero-order valence-electron chi connectivity index (χ0n) is 40.7. The number of allylic oxidation sites excluding steroid dienone is 12. The molecule has 0 aromatic heterocycles. The van der Waals surface area contributed by atoms with Gasteiger partial charge in [-0.25, -0.2) is 0 Å². The summed E-state index contributed by atoms with van der Waals surface area (Å²) in [4.78, 5) is 26.1. The van der Waals surface area contributed by atoms with E-state index in [1.165, 1.54) is 89.9 Å². The minimum Gasteiger partial charge on any atom is -0.462 e. The van der Waals surface area contributed by atoms with E-state index >= 15 is 0 Å². The number of aliphatic hydroxyl groups excluding tert-OH is 2. The number of esters is 1. The fraction of sp³-hybridized carbons (Fsp3) is 0.750. The molecule has 3 N–H and O–H groups in total. The molecule has 0 aliphatic rings. The summed E-state index contributed by atoms with van der Waals surface area (Å²) in [5.74, 6) is -0.528. The molecule has 0 heterocycles. The molecule has 0 bridgehead atoms. The summed E-state index contributed by atoms with van der Waals surface area (Å²) >= 11 is 0. The van der Waals surface area contributed by atoms with Gasteiger partial charge in [0, 0.05) is 6.42 Å². The molecule has 6 heteroatoms. The Morgan fingerprint density at radius 3 is 1.35 bits per heavy atom. The minimum absolute atomic E-state index is 0.0512. The fourth-order valence-corrected chi connectivity index (χ4v) is 7.57. The number of unbranched alkanes of at least 4 members (excludes halogenated alkanes) is 22. The molecule has 0 rings (SSSR count). The molecule has 3 atom stereocenters. The average Bonchev–Trinajstić information content (AvgIpc) is 3.26. The highest BCUT2D eigenvalue weighted by atomic mass is 16.5. The Bertz CT molecular complexity index is 1150. The van der Waals surface area contributed by atoms with Crippen LogP contribution in [0.15, 0.2) is 72.9 Å². The lowest BCUT2D eigenvalue weighted by atomic mass is 10.0. The van der Waals surface area contributed by atoms with E-state index in [9.17, 15) is 19.8 Å². The Kier molecular flexibility index (Phi) is 47.2. The Morgan fingerprint density at radius 2 is 0.871 bits per heavy atom. The second-order valence-corrected chi connectivity index (χ2v) is 17.5. The van der Waals surface area contributed by atoms with Crippen LogP contribution in [0.4, 0.5) is 0 Å². The van der Waals surface area contributed by atoms with Crippen LogP contribution in [0.25, 0.3) is 0 Å². The summed E-state index contributed by atoms with van der Waals surface area (Å²) in [6.07, 6.45) is 62.5. The standard InChI is InChI=1S/C56H99NO5/c1-4-7-10-13-16-19-22-24-26-27-28-29-30-32-34-37-40-43-46-49-56(61)62-52(47-44-41-38-35-33-31-25-23-20-17-14-11-8-5-2)50-55(60)57-53(51-58)54(59)48-45-42-39-36-21-18-15-12-9-6-3/h7,10,16,19,24,26,28-29,31-34,52-54,58-59H,4-6,8-9,11-15,17-18,20-23,25,27,30,35-51H2,1-3H3,(H,57,60)/b10-7-,19-16-,26-24-,29-28-,33-31+,34-32-. The van der Waals surface area contributed by atoms with Crippen molar-refractivity contribution < 1.29 is 24.5 Å². The Hall–Kier alpha value is -2.70. The van der Waals surface area contributed by atoms with Crippen molar-refractivity contribution in [3.63, 3.8) is 0 Å². The number of carbonyl (C=O) groups is 2. The number of hydrogen-bond donors (Lipinski definition) is 3. The van der Waals surface area contributed by atoms with Gasteiger partial charge in [0.25, 0.3) is 0 Å². The van der Waals surface area contributed by atoms with E-state index in [4.69, 9.17) is 4.74 Å². The molecule has 358 valence electrons. The van der Waals surface area contributed by atoms with Crippen molar-refractivity contribution in [3.8, 4) is 0 Å². The molecule has 0 aliphatic heterocycles. The summed E-state index contributed by atoms with van der Waals surface area (Å²) in [5.41, 5.74) is 0. The smallest absolute Gasteiger partial charge is 0.306 e. The summed E-state index contributed by atoms with van der Waals surface area (Å²) in [6.45, 7) is 6.34. The zero-order valence-corrected chi connectivity index (χ0v) is 40.7. The zero-order chi connectivity index (χ0) is 45.2. The maximum atomic E-state index is 13.2. The first-order valence-corrected chi connectivity index (χ1v) is 26.2. The van der Waals surface area contributed by atoms with Gasteiger partial charge in [-0.15, -0.1) is 0 Å². The molecule has 0 saturated heterocycles.